The van der Waals surface area contributed by atoms with Gasteiger partial charge in [-0.1, -0.05) is 6.92 Å². The number of hydrogen-bond acceptors (Lipinski definition) is 6. The minimum Gasteiger partial charge on any atom is -0.467 e. The highest BCUT2D eigenvalue weighted by Crippen LogP contribution is 2.38. The van der Waals surface area contributed by atoms with Crippen LogP contribution in [0.5, 0.6) is 0 Å². The van der Waals surface area contributed by atoms with E-state index < -0.39 is 0 Å². The Hall–Kier alpha value is -1.34. The van der Waals surface area contributed by atoms with Crippen LogP contribution in [0.4, 0.5) is 5.82 Å². The number of aromatic nitrogens is 2. The van der Waals surface area contributed by atoms with Gasteiger partial charge in [0.15, 0.2) is 0 Å². The summed E-state index contributed by atoms with van der Waals surface area (Å²) in [7, 11) is 0. The van der Waals surface area contributed by atoms with E-state index in [1.165, 1.54) is 0 Å². The Morgan fingerprint density at radius 2 is 2.22 bits per heavy atom. The van der Waals surface area contributed by atoms with E-state index in [-0.39, 0.29) is 23.7 Å². The second-order valence-electron chi connectivity index (χ2n) is 5.06. The van der Waals surface area contributed by atoms with Crippen molar-refractivity contribution in [3.63, 3.8) is 0 Å². The Labute approximate surface area is 149 Å². The summed E-state index contributed by atoms with van der Waals surface area (Å²) in [4.78, 5) is 9.81. The lowest BCUT2D eigenvalue weighted by Gasteiger charge is -2.06. The predicted octanol–water partition coefficient (Wildman–Crippen LogP) is 4.69. The highest BCUT2D eigenvalue weighted by Gasteiger charge is 2.18. The number of halogens is 2. The molecule has 3 heterocycles. The molecule has 23 heavy (non-hydrogen) atoms. The van der Waals surface area contributed by atoms with Gasteiger partial charge in [-0.15, -0.1) is 23.7 Å². The van der Waals surface area contributed by atoms with Crippen LogP contribution >= 0.6 is 35.3 Å². The summed E-state index contributed by atoms with van der Waals surface area (Å²) in [6, 6.07) is 3.77. The van der Waals surface area contributed by atoms with Crippen LogP contribution in [0, 0.1) is 6.92 Å². The molecule has 0 amide bonds. The van der Waals surface area contributed by atoms with Crippen LogP contribution in [0.15, 0.2) is 22.8 Å². The average Bonchev–Trinajstić information content (AvgIpc) is 3.13. The third-order valence-corrected chi connectivity index (χ3v) is 5.15. The first kappa shape index (κ1) is 18.0. The molecular formula is C15H18Cl2N4OS. The van der Waals surface area contributed by atoms with E-state index in [9.17, 15) is 0 Å². The molecule has 0 radical (unpaired) electrons. The first-order valence-electron chi connectivity index (χ1n) is 7.08. The molecule has 124 valence electrons. The monoisotopic (exact) mass is 372 g/mol. The Bertz CT molecular complexity index is 788. The molecule has 0 fully saturated rings. The zero-order chi connectivity index (χ0) is 15.7. The molecule has 3 rings (SSSR count). The smallest absolute Gasteiger partial charge is 0.224 e. The molecule has 0 aliphatic heterocycles. The van der Waals surface area contributed by atoms with E-state index >= 15 is 0 Å². The molecule has 1 atom stereocenters. The van der Waals surface area contributed by atoms with Gasteiger partial charge in [0, 0.05) is 10.9 Å². The molecule has 1 unspecified atom stereocenters. The van der Waals surface area contributed by atoms with Crippen LogP contribution in [-0.2, 0) is 6.54 Å². The number of fused-ring (bicyclic) bond motifs is 1. The molecular weight excluding hydrogens is 355 g/mol. The van der Waals surface area contributed by atoms with Gasteiger partial charge in [0.1, 0.15) is 11.6 Å². The van der Waals surface area contributed by atoms with Gasteiger partial charge < -0.3 is 15.5 Å². The van der Waals surface area contributed by atoms with Crippen molar-refractivity contribution < 1.29 is 4.42 Å². The normalized spacial score (nSPS) is 12.2. The van der Waals surface area contributed by atoms with Crippen molar-refractivity contribution >= 4 is 51.4 Å². The molecule has 5 nitrogen and oxygen atoms in total. The quantitative estimate of drug-likeness (QED) is 0.635. The van der Waals surface area contributed by atoms with Gasteiger partial charge in [0.25, 0.3) is 0 Å². The van der Waals surface area contributed by atoms with E-state index in [4.69, 9.17) is 21.8 Å². The summed E-state index contributed by atoms with van der Waals surface area (Å²) >= 11 is 7.69. The number of anilines is 1. The van der Waals surface area contributed by atoms with Gasteiger partial charge in [0.05, 0.1) is 23.0 Å². The van der Waals surface area contributed by atoms with Crippen LogP contribution in [-0.4, -0.2) is 9.97 Å². The third-order valence-electron chi connectivity index (χ3n) is 3.56. The fourth-order valence-electron chi connectivity index (χ4n) is 2.32. The van der Waals surface area contributed by atoms with Crippen LogP contribution < -0.4 is 11.1 Å². The van der Waals surface area contributed by atoms with Gasteiger partial charge in [-0.25, -0.2) is 4.98 Å². The van der Waals surface area contributed by atoms with Crippen LogP contribution in [0.1, 0.15) is 35.6 Å². The van der Waals surface area contributed by atoms with Crippen molar-refractivity contribution in [1.29, 1.82) is 0 Å². The van der Waals surface area contributed by atoms with Crippen molar-refractivity contribution in [2.45, 2.75) is 32.9 Å². The minimum absolute atomic E-state index is 0. The van der Waals surface area contributed by atoms with Gasteiger partial charge in [0.2, 0.25) is 5.28 Å². The van der Waals surface area contributed by atoms with E-state index in [0.29, 0.717) is 12.4 Å². The number of nitrogens with one attached hydrogen (secondary N) is 1. The summed E-state index contributed by atoms with van der Waals surface area (Å²) in [5.74, 6) is 1.55. The van der Waals surface area contributed by atoms with E-state index in [1.54, 1.807) is 17.6 Å². The number of hydrogen-bond donors (Lipinski definition) is 2. The summed E-state index contributed by atoms with van der Waals surface area (Å²) in [6.45, 7) is 4.65. The summed E-state index contributed by atoms with van der Waals surface area (Å²) in [6.07, 6.45) is 2.53. The fourth-order valence-corrected chi connectivity index (χ4v) is 3.79. The van der Waals surface area contributed by atoms with Crippen molar-refractivity contribution in [2.24, 2.45) is 5.73 Å². The van der Waals surface area contributed by atoms with E-state index in [2.05, 4.69) is 22.2 Å². The van der Waals surface area contributed by atoms with Crippen molar-refractivity contribution in [1.82, 2.24) is 9.97 Å². The molecule has 0 saturated carbocycles. The highest BCUT2D eigenvalue weighted by molar-refractivity contribution is 7.19. The Balaban J connectivity index is 0.00000192. The second-order valence-corrected chi connectivity index (χ2v) is 6.45. The highest BCUT2D eigenvalue weighted by atomic mass is 35.5. The van der Waals surface area contributed by atoms with Crippen LogP contribution in [0.3, 0.4) is 0 Å². The molecule has 0 bridgehead atoms. The zero-order valence-electron chi connectivity index (χ0n) is 12.8. The van der Waals surface area contributed by atoms with Crippen molar-refractivity contribution in [3.05, 3.63) is 39.9 Å². The van der Waals surface area contributed by atoms with Crippen LogP contribution in [0.25, 0.3) is 10.2 Å². The van der Waals surface area contributed by atoms with E-state index in [0.717, 1.165) is 32.8 Å². The molecule has 0 spiro atoms. The maximum Gasteiger partial charge on any atom is 0.224 e. The molecule has 0 aliphatic rings. The number of rotatable bonds is 5. The SMILES string of the molecule is CCC(N)c1sc2c(NCc3ccco3)nc(Cl)nc2c1C.Cl. The predicted molar refractivity (Wildman–Crippen MR) is 97.7 cm³/mol. The first-order chi connectivity index (χ1) is 10.6. The molecule has 3 aromatic rings. The Morgan fingerprint density at radius 3 is 2.87 bits per heavy atom. The second kappa shape index (κ2) is 7.49. The lowest BCUT2D eigenvalue weighted by atomic mass is 10.1. The first-order valence-corrected chi connectivity index (χ1v) is 8.28. The molecule has 3 aromatic heterocycles. The lowest BCUT2D eigenvalue weighted by molar-refractivity contribution is 0.518. The molecule has 0 aliphatic carbocycles. The molecule has 0 saturated heterocycles. The molecule has 0 aromatic carbocycles. The third kappa shape index (κ3) is 3.61. The van der Waals surface area contributed by atoms with Crippen molar-refractivity contribution in [2.75, 3.05) is 5.32 Å². The summed E-state index contributed by atoms with van der Waals surface area (Å²) < 4.78 is 6.31. The van der Waals surface area contributed by atoms with Crippen molar-refractivity contribution in [3.8, 4) is 0 Å². The zero-order valence-corrected chi connectivity index (χ0v) is 15.2. The lowest BCUT2D eigenvalue weighted by Crippen LogP contribution is -2.07. The number of furan rings is 1. The summed E-state index contributed by atoms with van der Waals surface area (Å²) in [5, 5.41) is 3.50. The number of thiophene rings is 1. The Morgan fingerprint density at radius 1 is 1.43 bits per heavy atom. The van der Waals surface area contributed by atoms with Gasteiger partial charge >= 0.3 is 0 Å². The number of nitrogens with zero attached hydrogens (tertiary/aromatic N) is 2. The topological polar surface area (TPSA) is 77.0 Å². The van der Waals surface area contributed by atoms with Gasteiger partial charge in [-0.05, 0) is 42.6 Å². The van der Waals surface area contributed by atoms with Gasteiger partial charge in [-0.3, -0.25) is 0 Å². The standard InChI is InChI=1S/C15H17ClN4OS.ClH/c1-3-10(17)12-8(2)11-13(22-12)14(20-15(16)19-11)18-7-9-5-4-6-21-9;/h4-6,10H,3,7,17H2,1-2H3,(H,18,19,20);1H. The molecule has 8 heteroatoms. The number of nitrogens with two attached hydrogens (primary N) is 1. The molecule has 3 N–H and O–H groups in total. The number of aryl methyl sites for hydroxylation is 1. The minimum atomic E-state index is 0. The van der Waals surface area contributed by atoms with Gasteiger partial charge in [-0.2, -0.15) is 4.98 Å². The van der Waals surface area contributed by atoms with Crippen LogP contribution in [0.2, 0.25) is 5.28 Å². The maximum atomic E-state index is 6.19. The average molecular weight is 373 g/mol. The fraction of sp³-hybridized carbons (Fsp3) is 0.333. The largest absolute Gasteiger partial charge is 0.467 e. The summed E-state index contributed by atoms with van der Waals surface area (Å²) in [5.41, 5.74) is 8.14. The Kier molecular flexibility index (Phi) is 5.86. The van der Waals surface area contributed by atoms with E-state index in [1.807, 2.05) is 19.1 Å². The maximum absolute atomic E-state index is 6.19.